The number of halogens is 2. The second-order valence-electron chi connectivity index (χ2n) is 7.51. The lowest BCUT2D eigenvalue weighted by Crippen LogP contribution is -2.20. The van der Waals surface area contributed by atoms with Crippen LogP contribution in [0.1, 0.15) is 43.6 Å². The summed E-state index contributed by atoms with van der Waals surface area (Å²) in [6.45, 7) is 0. The number of para-hydroxylation sites is 1. The fraction of sp³-hybridized carbons (Fsp3) is 0.304. The Labute approximate surface area is 168 Å². The van der Waals surface area contributed by atoms with Crippen LogP contribution in [0.15, 0.2) is 54.7 Å². The number of carbonyl (C=O) groups is 1. The maximum Gasteiger partial charge on any atom is 0.224 e. The summed E-state index contributed by atoms with van der Waals surface area (Å²) < 4.78 is 14.0. The summed E-state index contributed by atoms with van der Waals surface area (Å²) in [5.41, 5.74) is 2.39. The molecule has 5 heteroatoms. The van der Waals surface area contributed by atoms with Gasteiger partial charge in [-0.15, -0.1) is 0 Å². The highest BCUT2D eigenvalue weighted by Gasteiger charge is 2.25. The highest BCUT2D eigenvalue weighted by molar-refractivity contribution is 6.30. The minimum Gasteiger partial charge on any atom is -0.326 e. The van der Waals surface area contributed by atoms with E-state index in [2.05, 4.69) is 10.3 Å². The van der Waals surface area contributed by atoms with Crippen molar-refractivity contribution in [2.45, 2.75) is 38.0 Å². The number of amides is 1. The number of hydrogen-bond donors (Lipinski definition) is 1. The van der Waals surface area contributed by atoms with Crippen molar-refractivity contribution in [1.29, 1.82) is 0 Å². The van der Waals surface area contributed by atoms with Gasteiger partial charge in [-0.3, -0.25) is 9.78 Å². The molecule has 3 nitrogen and oxygen atoms in total. The molecule has 4 rings (SSSR count). The molecule has 2 aromatic carbocycles. The van der Waals surface area contributed by atoms with Gasteiger partial charge in [-0.25, -0.2) is 4.39 Å². The summed E-state index contributed by atoms with van der Waals surface area (Å²) >= 11 is 5.88. The van der Waals surface area contributed by atoms with Crippen LogP contribution in [0, 0.1) is 11.7 Å². The average molecular weight is 397 g/mol. The zero-order valence-electron chi connectivity index (χ0n) is 15.5. The van der Waals surface area contributed by atoms with Crippen molar-refractivity contribution >= 4 is 34.1 Å². The van der Waals surface area contributed by atoms with Gasteiger partial charge in [0, 0.05) is 28.7 Å². The van der Waals surface area contributed by atoms with Crippen LogP contribution in [-0.4, -0.2) is 10.9 Å². The third kappa shape index (κ3) is 4.17. The fourth-order valence-electron chi connectivity index (χ4n) is 4.20. The van der Waals surface area contributed by atoms with Gasteiger partial charge in [0.2, 0.25) is 5.91 Å². The number of anilines is 1. The molecule has 144 valence electrons. The van der Waals surface area contributed by atoms with Gasteiger partial charge < -0.3 is 5.32 Å². The Morgan fingerprint density at radius 1 is 1.07 bits per heavy atom. The number of carbonyl (C=O) groups excluding carboxylic acids is 1. The van der Waals surface area contributed by atoms with Gasteiger partial charge in [0.15, 0.2) is 0 Å². The Kier molecular flexibility index (Phi) is 5.58. The second-order valence-corrected chi connectivity index (χ2v) is 7.95. The molecule has 0 radical (unpaired) electrons. The van der Waals surface area contributed by atoms with Crippen molar-refractivity contribution in [3.8, 4) is 0 Å². The largest absolute Gasteiger partial charge is 0.326 e. The van der Waals surface area contributed by atoms with Crippen molar-refractivity contribution in [2.75, 3.05) is 5.32 Å². The van der Waals surface area contributed by atoms with Crippen LogP contribution in [-0.2, 0) is 4.79 Å². The molecule has 1 heterocycles. The molecular formula is C23H22ClFN2O. The molecule has 1 aliphatic carbocycles. The Hall–Kier alpha value is -2.46. The summed E-state index contributed by atoms with van der Waals surface area (Å²) in [6, 6.07) is 14.3. The summed E-state index contributed by atoms with van der Waals surface area (Å²) in [5.74, 6) is 0.547. The molecule has 0 atom stereocenters. The van der Waals surface area contributed by atoms with Crippen molar-refractivity contribution in [3.05, 3.63) is 71.1 Å². The van der Waals surface area contributed by atoms with Crippen LogP contribution in [0.5, 0.6) is 0 Å². The Morgan fingerprint density at radius 2 is 1.82 bits per heavy atom. The molecule has 1 amide bonds. The molecule has 1 aliphatic rings. The van der Waals surface area contributed by atoms with Crippen LogP contribution < -0.4 is 5.32 Å². The van der Waals surface area contributed by atoms with Gasteiger partial charge in [0.1, 0.15) is 11.3 Å². The van der Waals surface area contributed by atoms with E-state index in [1.54, 1.807) is 24.4 Å². The van der Waals surface area contributed by atoms with E-state index in [1.165, 1.54) is 11.6 Å². The standard InChI is InChI=1S/C23H22ClFN2O/c24-17-8-10-18(11-9-17)27-22(28)14-15-4-6-16(7-5-15)19-12-13-26-23-20(19)2-1-3-21(23)25/h1-3,8-13,15-16H,4-7,14H2,(H,27,28)/t15-,16+. The van der Waals surface area contributed by atoms with E-state index in [0.29, 0.717) is 28.8 Å². The maximum atomic E-state index is 14.0. The van der Waals surface area contributed by atoms with Gasteiger partial charge in [0.05, 0.1) is 0 Å². The summed E-state index contributed by atoms with van der Waals surface area (Å²) in [5, 5.41) is 4.50. The Bertz CT molecular complexity index is 982. The minimum absolute atomic E-state index is 0.0437. The number of aromatic nitrogens is 1. The first-order chi connectivity index (χ1) is 13.6. The van der Waals surface area contributed by atoms with Gasteiger partial charge in [-0.1, -0.05) is 23.7 Å². The number of nitrogens with one attached hydrogen (secondary N) is 1. The summed E-state index contributed by atoms with van der Waals surface area (Å²) in [6.07, 6.45) is 6.24. The molecular weight excluding hydrogens is 375 g/mol. The predicted octanol–water partition coefficient (Wildman–Crippen LogP) is 6.33. The van der Waals surface area contributed by atoms with Gasteiger partial charge in [-0.05, 0) is 79.5 Å². The average Bonchev–Trinajstić information content (AvgIpc) is 2.70. The maximum absolute atomic E-state index is 14.0. The quantitative estimate of drug-likeness (QED) is 0.559. The van der Waals surface area contributed by atoms with E-state index >= 15 is 0 Å². The highest BCUT2D eigenvalue weighted by Crippen LogP contribution is 2.39. The van der Waals surface area contributed by atoms with Crippen LogP contribution in [0.2, 0.25) is 5.02 Å². The van der Waals surface area contributed by atoms with E-state index in [-0.39, 0.29) is 11.7 Å². The molecule has 1 aromatic heterocycles. The molecule has 1 N–H and O–H groups in total. The molecule has 0 unspecified atom stereocenters. The Balaban J connectivity index is 1.37. The molecule has 28 heavy (non-hydrogen) atoms. The van der Waals surface area contributed by atoms with Crippen molar-refractivity contribution in [1.82, 2.24) is 4.98 Å². The predicted molar refractivity (Wildman–Crippen MR) is 111 cm³/mol. The zero-order valence-corrected chi connectivity index (χ0v) is 16.3. The smallest absolute Gasteiger partial charge is 0.224 e. The van der Waals surface area contributed by atoms with Crippen LogP contribution >= 0.6 is 11.6 Å². The van der Waals surface area contributed by atoms with E-state index in [0.717, 1.165) is 36.8 Å². The number of pyridine rings is 1. The lowest BCUT2D eigenvalue weighted by Gasteiger charge is -2.29. The normalized spacial score (nSPS) is 19.5. The first-order valence-electron chi connectivity index (χ1n) is 9.68. The summed E-state index contributed by atoms with van der Waals surface area (Å²) in [7, 11) is 0. The first kappa shape index (κ1) is 18.9. The van der Waals surface area contributed by atoms with Crippen LogP contribution in [0.3, 0.4) is 0 Å². The topological polar surface area (TPSA) is 42.0 Å². The van der Waals surface area contributed by atoms with Gasteiger partial charge >= 0.3 is 0 Å². The van der Waals surface area contributed by atoms with Crippen molar-refractivity contribution in [3.63, 3.8) is 0 Å². The monoisotopic (exact) mass is 396 g/mol. The highest BCUT2D eigenvalue weighted by atomic mass is 35.5. The first-order valence-corrected chi connectivity index (χ1v) is 10.1. The molecule has 3 aromatic rings. The fourth-order valence-corrected chi connectivity index (χ4v) is 4.33. The minimum atomic E-state index is -0.271. The van der Waals surface area contributed by atoms with E-state index in [1.807, 2.05) is 24.3 Å². The lowest BCUT2D eigenvalue weighted by molar-refractivity contribution is -0.117. The molecule has 0 bridgehead atoms. The van der Waals surface area contributed by atoms with Crippen molar-refractivity contribution < 1.29 is 9.18 Å². The number of rotatable bonds is 4. The van der Waals surface area contributed by atoms with E-state index in [9.17, 15) is 9.18 Å². The number of hydrogen-bond acceptors (Lipinski definition) is 2. The summed E-state index contributed by atoms with van der Waals surface area (Å²) in [4.78, 5) is 16.5. The third-order valence-corrected chi connectivity index (χ3v) is 5.90. The van der Waals surface area contributed by atoms with Crippen molar-refractivity contribution in [2.24, 2.45) is 5.92 Å². The zero-order chi connectivity index (χ0) is 19.5. The lowest BCUT2D eigenvalue weighted by atomic mass is 9.77. The molecule has 0 aliphatic heterocycles. The molecule has 1 saturated carbocycles. The number of fused-ring (bicyclic) bond motifs is 1. The van der Waals surface area contributed by atoms with Crippen LogP contribution in [0.4, 0.5) is 10.1 Å². The number of benzene rings is 2. The van der Waals surface area contributed by atoms with E-state index < -0.39 is 0 Å². The molecule has 0 saturated heterocycles. The molecule has 1 fully saturated rings. The van der Waals surface area contributed by atoms with E-state index in [4.69, 9.17) is 11.6 Å². The second kappa shape index (κ2) is 8.27. The van der Waals surface area contributed by atoms with Crippen LogP contribution in [0.25, 0.3) is 10.9 Å². The Morgan fingerprint density at radius 3 is 2.57 bits per heavy atom. The number of nitrogens with zero attached hydrogens (tertiary/aromatic N) is 1. The third-order valence-electron chi connectivity index (χ3n) is 5.64. The van der Waals surface area contributed by atoms with Gasteiger partial charge in [-0.2, -0.15) is 0 Å². The molecule has 0 spiro atoms. The van der Waals surface area contributed by atoms with Gasteiger partial charge in [0.25, 0.3) is 0 Å². The SMILES string of the molecule is O=C(C[C@H]1CC[C@@H](c2ccnc3c(F)cccc32)CC1)Nc1ccc(Cl)cc1.